The number of benzene rings is 1. The molecule has 1 heterocycles. The Balaban J connectivity index is 1.95. The lowest BCUT2D eigenvalue weighted by molar-refractivity contribution is 0.0831. The zero-order valence-corrected chi connectivity index (χ0v) is 10.4. The summed E-state index contributed by atoms with van der Waals surface area (Å²) in [6.45, 7) is 3.26. The Hall–Kier alpha value is -1.46. The van der Waals surface area contributed by atoms with Crippen LogP contribution in [0.15, 0.2) is 12.1 Å². The van der Waals surface area contributed by atoms with Crippen LogP contribution in [0.1, 0.15) is 25.3 Å². The van der Waals surface area contributed by atoms with E-state index in [4.69, 9.17) is 4.74 Å². The van der Waals surface area contributed by atoms with E-state index < -0.39 is 5.75 Å². The first-order chi connectivity index (χ1) is 8.59. The van der Waals surface area contributed by atoms with Crippen LogP contribution >= 0.6 is 0 Å². The van der Waals surface area contributed by atoms with Crippen molar-refractivity contribution in [1.82, 2.24) is 5.32 Å². The molecule has 2 atom stereocenters. The van der Waals surface area contributed by atoms with Gasteiger partial charge in [0, 0.05) is 24.8 Å². The molecule has 1 fully saturated rings. The molecular weight excluding hydrogens is 234 g/mol. The Morgan fingerprint density at radius 3 is 2.78 bits per heavy atom. The lowest BCUT2D eigenvalue weighted by atomic mass is 10.1. The van der Waals surface area contributed by atoms with Crippen molar-refractivity contribution < 1.29 is 20.1 Å². The van der Waals surface area contributed by atoms with E-state index in [0.29, 0.717) is 12.1 Å². The van der Waals surface area contributed by atoms with Crippen molar-refractivity contribution in [2.45, 2.75) is 38.5 Å². The zero-order chi connectivity index (χ0) is 13.1. The van der Waals surface area contributed by atoms with E-state index in [9.17, 15) is 15.3 Å². The standard InChI is InChI=1S/C13H19NO4/c1-8(11-3-2-6-18-11)14-7-9-4-5-10(15)13(17)12(9)16/h4-5,8,11,14-17H,2-3,6-7H2,1H3. The van der Waals surface area contributed by atoms with Crippen LogP contribution in [0, 0.1) is 0 Å². The molecule has 1 aromatic rings. The van der Waals surface area contributed by atoms with E-state index in [1.165, 1.54) is 6.07 Å². The molecule has 2 rings (SSSR count). The van der Waals surface area contributed by atoms with Crippen molar-refractivity contribution in [2.75, 3.05) is 6.61 Å². The van der Waals surface area contributed by atoms with Gasteiger partial charge in [-0.25, -0.2) is 0 Å². The van der Waals surface area contributed by atoms with E-state index in [1.807, 2.05) is 6.92 Å². The minimum atomic E-state index is -0.473. The first-order valence-corrected chi connectivity index (χ1v) is 6.17. The number of hydrogen-bond acceptors (Lipinski definition) is 5. The number of ether oxygens (including phenoxy) is 1. The highest BCUT2D eigenvalue weighted by Crippen LogP contribution is 2.36. The van der Waals surface area contributed by atoms with Crippen LogP contribution < -0.4 is 5.32 Å². The van der Waals surface area contributed by atoms with Gasteiger partial charge in [-0.15, -0.1) is 0 Å². The van der Waals surface area contributed by atoms with Crippen LogP contribution in [0.5, 0.6) is 17.2 Å². The second-order valence-corrected chi connectivity index (χ2v) is 4.66. The molecule has 0 aliphatic carbocycles. The van der Waals surface area contributed by atoms with Crippen LogP contribution in [-0.2, 0) is 11.3 Å². The van der Waals surface area contributed by atoms with Gasteiger partial charge < -0.3 is 25.4 Å². The molecule has 0 amide bonds. The van der Waals surface area contributed by atoms with E-state index >= 15 is 0 Å². The molecule has 0 spiro atoms. The van der Waals surface area contributed by atoms with Crippen LogP contribution in [0.3, 0.4) is 0 Å². The van der Waals surface area contributed by atoms with Crippen molar-refractivity contribution in [3.05, 3.63) is 17.7 Å². The summed E-state index contributed by atoms with van der Waals surface area (Å²) in [6, 6.07) is 3.13. The molecule has 5 nitrogen and oxygen atoms in total. The first-order valence-electron chi connectivity index (χ1n) is 6.17. The Morgan fingerprint density at radius 2 is 2.11 bits per heavy atom. The minimum absolute atomic E-state index is 0.183. The average molecular weight is 253 g/mol. The van der Waals surface area contributed by atoms with Gasteiger partial charge in [0.1, 0.15) is 0 Å². The molecule has 0 bridgehead atoms. The molecular formula is C13H19NO4. The maximum atomic E-state index is 9.68. The lowest BCUT2D eigenvalue weighted by Crippen LogP contribution is -2.36. The molecule has 1 saturated heterocycles. The fourth-order valence-electron chi connectivity index (χ4n) is 2.15. The van der Waals surface area contributed by atoms with Crippen molar-refractivity contribution in [3.63, 3.8) is 0 Å². The van der Waals surface area contributed by atoms with Crippen molar-refractivity contribution in [2.24, 2.45) is 0 Å². The van der Waals surface area contributed by atoms with E-state index in [0.717, 1.165) is 19.4 Å². The number of aromatic hydroxyl groups is 3. The molecule has 0 radical (unpaired) electrons. The SMILES string of the molecule is CC(NCc1ccc(O)c(O)c1O)C1CCCO1. The molecule has 1 aliphatic heterocycles. The van der Waals surface area contributed by atoms with Gasteiger partial charge in [-0.2, -0.15) is 0 Å². The Bertz CT molecular complexity index is 416. The summed E-state index contributed by atoms with van der Waals surface area (Å²) < 4.78 is 5.56. The maximum absolute atomic E-state index is 9.68. The van der Waals surface area contributed by atoms with Gasteiger partial charge in [-0.05, 0) is 25.8 Å². The Morgan fingerprint density at radius 1 is 1.33 bits per heavy atom. The van der Waals surface area contributed by atoms with Gasteiger partial charge in [0.2, 0.25) is 5.75 Å². The highest BCUT2D eigenvalue weighted by Gasteiger charge is 2.22. The number of hydrogen-bond donors (Lipinski definition) is 4. The molecule has 18 heavy (non-hydrogen) atoms. The summed E-state index contributed by atoms with van der Waals surface area (Å²) in [5.74, 6) is -1.07. The normalized spacial score (nSPS) is 21.1. The summed E-state index contributed by atoms with van der Waals surface area (Å²) in [7, 11) is 0. The Labute approximate surface area is 106 Å². The molecule has 0 aromatic heterocycles. The molecule has 1 aliphatic rings. The zero-order valence-electron chi connectivity index (χ0n) is 10.4. The van der Waals surface area contributed by atoms with E-state index in [1.54, 1.807) is 6.07 Å². The topological polar surface area (TPSA) is 82.0 Å². The van der Waals surface area contributed by atoms with E-state index in [2.05, 4.69) is 5.32 Å². The van der Waals surface area contributed by atoms with Crippen LogP contribution in [0.4, 0.5) is 0 Å². The predicted molar refractivity (Wildman–Crippen MR) is 66.7 cm³/mol. The second-order valence-electron chi connectivity index (χ2n) is 4.66. The second kappa shape index (κ2) is 5.46. The fourth-order valence-corrected chi connectivity index (χ4v) is 2.15. The number of rotatable bonds is 4. The maximum Gasteiger partial charge on any atom is 0.200 e. The van der Waals surface area contributed by atoms with E-state index in [-0.39, 0.29) is 23.6 Å². The number of nitrogens with one attached hydrogen (secondary N) is 1. The van der Waals surface area contributed by atoms with Gasteiger partial charge in [-0.3, -0.25) is 0 Å². The average Bonchev–Trinajstić information content (AvgIpc) is 2.89. The van der Waals surface area contributed by atoms with Crippen LogP contribution in [-0.4, -0.2) is 34.1 Å². The van der Waals surface area contributed by atoms with Crippen molar-refractivity contribution in [1.29, 1.82) is 0 Å². The summed E-state index contributed by atoms with van der Waals surface area (Å²) in [5.41, 5.74) is 0.551. The van der Waals surface area contributed by atoms with Gasteiger partial charge in [0.15, 0.2) is 11.5 Å². The first kappa shape index (κ1) is 13.0. The van der Waals surface area contributed by atoms with Gasteiger partial charge in [-0.1, -0.05) is 6.07 Å². The molecule has 4 N–H and O–H groups in total. The predicted octanol–water partition coefficient (Wildman–Crippen LogP) is 1.46. The molecule has 2 unspecified atom stereocenters. The van der Waals surface area contributed by atoms with Crippen molar-refractivity contribution in [3.8, 4) is 17.2 Å². The third kappa shape index (κ3) is 2.68. The van der Waals surface area contributed by atoms with Gasteiger partial charge in [0.25, 0.3) is 0 Å². The smallest absolute Gasteiger partial charge is 0.200 e. The lowest BCUT2D eigenvalue weighted by Gasteiger charge is -2.20. The third-order valence-corrected chi connectivity index (χ3v) is 3.35. The monoisotopic (exact) mass is 253 g/mol. The van der Waals surface area contributed by atoms with Crippen molar-refractivity contribution >= 4 is 0 Å². The molecule has 1 aromatic carbocycles. The summed E-state index contributed by atoms with van der Waals surface area (Å²) >= 11 is 0. The quantitative estimate of drug-likeness (QED) is 0.611. The molecule has 0 saturated carbocycles. The van der Waals surface area contributed by atoms with Gasteiger partial charge in [0.05, 0.1) is 6.10 Å². The largest absolute Gasteiger partial charge is 0.504 e. The highest BCUT2D eigenvalue weighted by molar-refractivity contribution is 5.52. The molecule has 5 heteroatoms. The number of phenols is 3. The highest BCUT2D eigenvalue weighted by atomic mass is 16.5. The third-order valence-electron chi connectivity index (χ3n) is 3.35. The van der Waals surface area contributed by atoms with Crippen LogP contribution in [0.2, 0.25) is 0 Å². The summed E-state index contributed by atoms with van der Waals surface area (Å²) in [6.07, 6.45) is 2.33. The number of phenolic OH excluding ortho intramolecular Hbond substituents is 3. The minimum Gasteiger partial charge on any atom is -0.504 e. The van der Waals surface area contributed by atoms with Gasteiger partial charge >= 0.3 is 0 Å². The Kier molecular flexibility index (Phi) is 3.93. The van der Waals surface area contributed by atoms with Crippen LogP contribution in [0.25, 0.3) is 0 Å². The fraction of sp³-hybridized carbons (Fsp3) is 0.538. The summed E-state index contributed by atoms with van der Waals surface area (Å²) in [5, 5.41) is 31.6. The summed E-state index contributed by atoms with van der Waals surface area (Å²) in [4.78, 5) is 0. The molecule has 100 valence electrons.